The van der Waals surface area contributed by atoms with Crippen LogP contribution >= 0.6 is 0 Å². The van der Waals surface area contributed by atoms with Crippen molar-refractivity contribution in [2.24, 2.45) is 0 Å². The first-order valence-electron chi connectivity index (χ1n) is 6.09. The molecule has 0 saturated heterocycles. The van der Waals surface area contributed by atoms with E-state index < -0.39 is 12.5 Å². The molecule has 2 nitrogen and oxygen atoms in total. The monoisotopic (exact) mass is 300 g/mol. The number of hydrogen-bond donors (Lipinski definition) is 0. The van der Waals surface area contributed by atoms with Crippen LogP contribution in [0.5, 0.6) is 11.5 Å². The molecular weight excluding hydrogens is 288 g/mol. The second-order valence-electron chi connectivity index (χ2n) is 4.21. The highest BCUT2D eigenvalue weighted by molar-refractivity contribution is 5.31. The molecule has 21 heavy (non-hydrogen) atoms. The molecule has 0 amide bonds. The molecule has 0 unspecified atom stereocenters. The van der Waals surface area contributed by atoms with Crippen LogP contribution in [0.15, 0.2) is 54.6 Å². The van der Waals surface area contributed by atoms with Crippen molar-refractivity contribution in [3.8, 4) is 11.5 Å². The van der Waals surface area contributed by atoms with Crippen LogP contribution < -0.4 is 9.47 Å². The lowest BCUT2D eigenvalue weighted by Crippen LogP contribution is -2.33. The van der Waals surface area contributed by atoms with Crippen LogP contribution in [-0.2, 0) is 6.61 Å². The minimum atomic E-state index is -4.51. The Kier molecular flexibility index (Phi) is 4.67. The first kappa shape index (κ1) is 15.2. The summed E-state index contributed by atoms with van der Waals surface area (Å²) in [5.41, 5.74) is 0.946. The van der Waals surface area contributed by atoms with Gasteiger partial charge in [0.15, 0.2) is 0 Å². The zero-order valence-electron chi connectivity index (χ0n) is 10.8. The van der Waals surface area contributed by atoms with Crippen LogP contribution in [0.4, 0.5) is 17.6 Å². The molecule has 2 aromatic carbocycles. The Morgan fingerprint density at radius 2 is 1.43 bits per heavy atom. The molecule has 112 valence electrons. The molecule has 2 aromatic rings. The van der Waals surface area contributed by atoms with E-state index in [0.717, 1.165) is 17.7 Å². The van der Waals surface area contributed by atoms with E-state index in [0.29, 0.717) is 12.4 Å². The van der Waals surface area contributed by atoms with Gasteiger partial charge >= 0.3 is 12.5 Å². The van der Waals surface area contributed by atoms with E-state index >= 15 is 0 Å². The average Bonchev–Trinajstić information content (AvgIpc) is 2.47. The van der Waals surface area contributed by atoms with Crippen LogP contribution in [0.3, 0.4) is 0 Å². The molecule has 0 bridgehead atoms. The number of hydrogen-bond acceptors (Lipinski definition) is 2. The molecule has 6 heteroatoms. The molecule has 0 fully saturated rings. The minimum absolute atomic E-state index is 0.314. The van der Waals surface area contributed by atoms with Gasteiger partial charge in [-0.05, 0) is 29.8 Å². The molecule has 0 spiro atoms. The van der Waals surface area contributed by atoms with Gasteiger partial charge in [0, 0.05) is 0 Å². The van der Waals surface area contributed by atoms with E-state index in [4.69, 9.17) is 4.74 Å². The van der Waals surface area contributed by atoms with Crippen LogP contribution in [0.2, 0.25) is 0 Å². The standard InChI is InChI=1S/C15H12F4O2/c16-14(17)15(18,19)21-13-8-6-12(7-9-13)20-10-11-4-2-1-3-5-11/h1-9,14H,10H2. The maximum absolute atomic E-state index is 12.7. The van der Waals surface area contributed by atoms with Crippen molar-refractivity contribution in [2.75, 3.05) is 0 Å². The summed E-state index contributed by atoms with van der Waals surface area (Å²) >= 11 is 0. The number of rotatable bonds is 6. The summed E-state index contributed by atoms with van der Waals surface area (Å²) in [4.78, 5) is 0. The van der Waals surface area contributed by atoms with E-state index in [-0.39, 0.29) is 5.75 Å². The molecule has 0 aliphatic carbocycles. The van der Waals surface area contributed by atoms with E-state index in [9.17, 15) is 17.6 Å². The van der Waals surface area contributed by atoms with Crippen LogP contribution in [0.1, 0.15) is 5.56 Å². The summed E-state index contributed by atoms with van der Waals surface area (Å²) in [6, 6.07) is 14.4. The summed E-state index contributed by atoms with van der Waals surface area (Å²) in [6.07, 6.45) is -8.39. The van der Waals surface area contributed by atoms with E-state index in [2.05, 4.69) is 4.74 Å². The topological polar surface area (TPSA) is 18.5 Å². The van der Waals surface area contributed by atoms with Crippen molar-refractivity contribution >= 4 is 0 Å². The normalized spacial score (nSPS) is 11.5. The Morgan fingerprint density at radius 1 is 0.857 bits per heavy atom. The largest absolute Gasteiger partial charge is 0.489 e. The summed E-state index contributed by atoms with van der Waals surface area (Å²) in [6.45, 7) is 0.314. The van der Waals surface area contributed by atoms with Crippen molar-refractivity contribution in [1.29, 1.82) is 0 Å². The summed E-state index contributed by atoms with van der Waals surface area (Å²) in [5, 5.41) is 0. The highest BCUT2D eigenvalue weighted by Crippen LogP contribution is 2.28. The second kappa shape index (κ2) is 6.47. The predicted molar refractivity (Wildman–Crippen MR) is 68.8 cm³/mol. The van der Waals surface area contributed by atoms with E-state index in [1.807, 2.05) is 30.3 Å². The number of benzene rings is 2. The Balaban J connectivity index is 1.93. The van der Waals surface area contributed by atoms with Crippen molar-refractivity contribution in [3.05, 3.63) is 60.2 Å². The quantitative estimate of drug-likeness (QED) is 0.731. The third-order valence-electron chi connectivity index (χ3n) is 2.58. The van der Waals surface area contributed by atoms with Gasteiger partial charge in [0.2, 0.25) is 0 Å². The summed E-state index contributed by atoms with van der Waals surface area (Å²) in [7, 11) is 0. The molecule has 2 rings (SSSR count). The average molecular weight is 300 g/mol. The first-order chi connectivity index (χ1) is 9.97. The zero-order valence-corrected chi connectivity index (χ0v) is 10.8. The smallest absolute Gasteiger partial charge is 0.461 e. The Bertz CT molecular complexity index is 556. The molecule has 0 aliphatic rings. The van der Waals surface area contributed by atoms with Gasteiger partial charge in [-0.1, -0.05) is 30.3 Å². The maximum Gasteiger partial charge on any atom is 0.461 e. The molecule has 0 radical (unpaired) electrons. The van der Waals surface area contributed by atoms with Crippen LogP contribution in [0.25, 0.3) is 0 Å². The molecule has 0 N–H and O–H groups in total. The maximum atomic E-state index is 12.7. The van der Waals surface area contributed by atoms with Crippen LogP contribution in [0, 0.1) is 0 Å². The Morgan fingerprint density at radius 3 is 2.00 bits per heavy atom. The lowest BCUT2D eigenvalue weighted by Gasteiger charge is -2.16. The Labute approximate surface area is 118 Å². The van der Waals surface area contributed by atoms with Gasteiger partial charge in [-0.15, -0.1) is 0 Å². The molecule has 0 aromatic heterocycles. The fraction of sp³-hybridized carbons (Fsp3) is 0.200. The van der Waals surface area contributed by atoms with Crippen molar-refractivity contribution in [2.45, 2.75) is 19.1 Å². The van der Waals surface area contributed by atoms with Gasteiger partial charge in [0.25, 0.3) is 0 Å². The summed E-state index contributed by atoms with van der Waals surface area (Å²) in [5.74, 6) is 0.0685. The molecule has 0 aliphatic heterocycles. The highest BCUT2D eigenvalue weighted by atomic mass is 19.3. The zero-order chi connectivity index (χ0) is 15.3. The molecule has 0 atom stereocenters. The third kappa shape index (κ3) is 4.37. The van der Waals surface area contributed by atoms with E-state index in [1.54, 1.807) is 0 Å². The lowest BCUT2D eigenvalue weighted by atomic mass is 10.2. The van der Waals surface area contributed by atoms with Crippen LogP contribution in [-0.4, -0.2) is 12.5 Å². The number of alkyl halides is 4. The van der Waals surface area contributed by atoms with Gasteiger partial charge in [-0.3, -0.25) is 0 Å². The fourth-order valence-electron chi connectivity index (χ4n) is 1.55. The molecule has 0 saturated carbocycles. The summed E-state index contributed by atoms with van der Waals surface area (Å²) < 4.78 is 58.7. The fourth-order valence-corrected chi connectivity index (χ4v) is 1.55. The lowest BCUT2D eigenvalue weighted by molar-refractivity contribution is -0.253. The van der Waals surface area contributed by atoms with Crippen molar-refractivity contribution in [1.82, 2.24) is 0 Å². The SMILES string of the molecule is FC(F)C(F)(F)Oc1ccc(OCc2ccccc2)cc1. The van der Waals surface area contributed by atoms with E-state index in [1.165, 1.54) is 12.1 Å². The first-order valence-corrected chi connectivity index (χ1v) is 6.09. The van der Waals surface area contributed by atoms with Crippen molar-refractivity contribution < 1.29 is 27.0 Å². The van der Waals surface area contributed by atoms with Gasteiger partial charge in [0.1, 0.15) is 18.1 Å². The van der Waals surface area contributed by atoms with Gasteiger partial charge < -0.3 is 9.47 Å². The second-order valence-corrected chi connectivity index (χ2v) is 4.21. The van der Waals surface area contributed by atoms with Gasteiger partial charge in [-0.2, -0.15) is 17.6 Å². The predicted octanol–water partition coefficient (Wildman–Crippen LogP) is 4.50. The van der Waals surface area contributed by atoms with Crippen molar-refractivity contribution in [3.63, 3.8) is 0 Å². The minimum Gasteiger partial charge on any atom is -0.489 e. The Hall–Kier alpha value is -2.24. The number of halogens is 4. The molecule has 0 heterocycles. The number of ether oxygens (including phenoxy) is 2. The highest BCUT2D eigenvalue weighted by Gasteiger charge is 2.43. The van der Waals surface area contributed by atoms with Gasteiger partial charge in [0.05, 0.1) is 0 Å². The third-order valence-corrected chi connectivity index (χ3v) is 2.58. The molecular formula is C15H12F4O2. The van der Waals surface area contributed by atoms with Gasteiger partial charge in [-0.25, -0.2) is 0 Å².